The molecule has 172 valence electrons. The number of benzene rings is 1. The smallest absolute Gasteiger partial charge is 0.255 e. The lowest BCUT2D eigenvalue weighted by Gasteiger charge is -2.39. The SMILES string of the molecule is CCOc1ccc([C@H]2C(C(=O)Nc3ccc(C)cn3)=C(C)NC3=C2C(=O)CC(C)(C)C3)cc1. The van der Waals surface area contributed by atoms with Crippen LogP contribution in [0.3, 0.4) is 0 Å². The van der Waals surface area contributed by atoms with E-state index in [2.05, 4.69) is 29.5 Å². The van der Waals surface area contributed by atoms with Crippen molar-refractivity contribution in [2.75, 3.05) is 11.9 Å². The molecule has 1 aliphatic carbocycles. The second-order valence-electron chi connectivity index (χ2n) is 9.61. The molecule has 4 rings (SSSR count). The summed E-state index contributed by atoms with van der Waals surface area (Å²) in [5.74, 6) is 0.604. The fourth-order valence-corrected chi connectivity index (χ4v) is 4.72. The van der Waals surface area contributed by atoms with Crippen LogP contribution in [0.5, 0.6) is 5.75 Å². The number of nitrogens with one attached hydrogen (secondary N) is 2. The molecule has 0 saturated carbocycles. The Labute approximate surface area is 195 Å². The maximum absolute atomic E-state index is 13.5. The number of anilines is 1. The van der Waals surface area contributed by atoms with Gasteiger partial charge in [0, 0.05) is 41.1 Å². The van der Waals surface area contributed by atoms with Crippen LogP contribution in [0.1, 0.15) is 57.6 Å². The van der Waals surface area contributed by atoms with E-state index >= 15 is 0 Å². The van der Waals surface area contributed by atoms with Crippen molar-refractivity contribution in [3.63, 3.8) is 0 Å². The van der Waals surface area contributed by atoms with Gasteiger partial charge in [0.1, 0.15) is 11.6 Å². The van der Waals surface area contributed by atoms with E-state index in [9.17, 15) is 9.59 Å². The number of hydrogen-bond acceptors (Lipinski definition) is 5. The lowest BCUT2D eigenvalue weighted by Crippen LogP contribution is -2.39. The first-order valence-electron chi connectivity index (χ1n) is 11.4. The summed E-state index contributed by atoms with van der Waals surface area (Å²) >= 11 is 0. The number of ether oxygens (including phenoxy) is 1. The van der Waals surface area contributed by atoms with E-state index in [1.54, 1.807) is 12.3 Å². The van der Waals surface area contributed by atoms with Crippen molar-refractivity contribution in [3.05, 3.63) is 76.3 Å². The number of hydrogen-bond donors (Lipinski definition) is 2. The van der Waals surface area contributed by atoms with Gasteiger partial charge in [-0.15, -0.1) is 0 Å². The maximum Gasteiger partial charge on any atom is 0.255 e. The summed E-state index contributed by atoms with van der Waals surface area (Å²) < 4.78 is 5.60. The molecule has 1 atom stereocenters. The number of carbonyl (C=O) groups excluding carboxylic acids is 2. The van der Waals surface area contributed by atoms with Gasteiger partial charge < -0.3 is 15.4 Å². The van der Waals surface area contributed by atoms with Gasteiger partial charge in [0.05, 0.1) is 6.61 Å². The van der Waals surface area contributed by atoms with Crippen molar-refractivity contribution in [1.82, 2.24) is 10.3 Å². The molecule has 33 heavy (non-hydrogen) atoms. The zero-order valence-corrected chi connectivity index (χ0v) is 19.9. The van der Waals surface area contributed by atoms with Gasteiger partial charge in [-0.2, -0.15) is 0 Å². The molecule has 1 aromatic heterocycles. The highest BCUT2D eigenvalue weighted by atomic mass is 16.5. The number of dihydropyridines is 1. The number of pyridine rings is 1. The van der Waals surface area contributed by atoms with Crippen LogP contribution in [0.2, 0.25) is 0 Å². The maximum atomic E-state index is 13.5. The molecule has 2 aromatic rings. The van der Waals surface area contributed by atoms with Gasteiger partial charge in [-0.3, -0.25) is 9.59 Å². The van der Waals surface area contributed by atoms with Crippen molar-refractivity contribution < 1.29 is 14.3 Å². The Bertz CT molecular complexity index is 1140. The van der Waals surface area contributed by atoms with E-state index in [1.165, 1.54) is 0 Å². The zero-order chi connectivity index (χ0) is 23.8. The van der Waals surface area contributed by atoms with Crippen molar-refractivity contribution in [2.24, 2.45) is 5.41 Å². The molecule has 2 N–H and O–H groups in total. The molecule has 1 aliphatic heterocycles. The molecule has 0 unspecified atom stereocenters. The van der Waals surface area contributed by atoms with Crippen LogP contribution in [-0.2, 0) is 9.59 Å². The van der Waals surface area contributed by atoms with Crippen LogP contribution in [0.4, 0.5) is 5.82 Å². The summed E-state index contributed by atoms with van der Waals surface area (Å²) in [6.07, 6.45) is 2.93. The standard InChI is InChI=1S/C27H31N3O3/c1-6-33-19-10-8-18(9-11-19)24-23(26(32)30-22-12-7-16(2)15-28-22)17(3)29-20-13-27(4,5)14-21(31)25(20)24/h7-12,15,24,29H,6,13-14H2,1-5H3,(H,28,30,32)/t24-/m0/s1. The zero-order valence-electron chi connectivity index (χ0n) is 19.9. The molecule has 2 aliphatic rings. The van der Waals surface area contributed by atoms with Crippen molar-refractivity contribution in [3.8, 4) is 5.75 Å². The Balaban J connectivity index is 1.77. The van der Waals surface area contributed by atoms with Crippen LogP contribution >= 0.6 is 0 Å². The van der Waals surface area contributed by atoms with Gasteiger partial charge in [-0.05, 0) is 61.9 Å². The van der Waals surface area contributed by atoms with Crippen molar-refractivity contribution >= 4 is 17.5 Å². The average molecular weight is 446 g/mol. The Morgan fingerprint density at radius 2 is 1.88 bits per heavy atom. The first-order chi connectivity index (χ1) is 15.7. The summed E-state index contributed by atoms with van der Waals surface area (Å²) in [5.41, 5.74) is 4.67. The highest BCUT2D eigenvalue weighted by molar-refractivity contribution is 6.09. The number of Topliss-reactive ketones (excluding diaryl/α,β-unsaturated/α-hetero) is 1. The van der Waals surface area contributed by atoms with E-state index in [1.807, 2.05) is 51.1 Å². The van der Waals surface area contributed by atoms with Gasteiger partial charge in [0.2, 0.25) is 0 Å². The minimum absolute atomic E-state index is 0.0823. The Morgan fingerprint density at radius 1 is 1.15 bits per heavy atom. The molecule has 6 nitrogen and oxygen atoms in total. The lowest BCUT2D eigenvalue weighted by atomic mass is 9.68. The first kappa shape index (κ1) is 22.8. The number of rotatable bonds is 5. The Hall–Kier alpha value is -3.41. The largest absolute Gasteiger partial charge is 0.494 e. The number of carbonyl (C=O) groups is 2. The summed E-state index contributed by atoms with van der Waals surface area (Å²) in [5, 5.41) is 6.31. The van der Waals surface area contributed by atoms with Gasteiger partial charge in [-0.1, -0.05) is 32.0 Å². The molecular weight excluding hydrogens is 414 g/mol. The Kier molecular flexibility index (Phi) is 6.11. The minimum atomic E-state index is -0.453. The first-order valence-corrected chi connectivity index (χ1v) is 11.4. The number of aryl methyl sites for hydroxylation is 1. The number of ketones is 1. The molecule has 1 aromatic carbocycles. The van der Waals surface area contributed by atoms with Crippen LogP contribution in [0.25, 0.3) is 0 Å². The second-order valence-corrected chi connectivity index (χ2v) is 9.61. The van der Waals surface area contributed by atoms with Gasteiger partial charge >= 0.3 is 0 Å². The van der Waals surface area contributed by atoms with Crippen LogP contribution < -0.4 is 15.4 Å². The topological polar surface area (TPSA) is 80.3 Å². The highest BCUT2D eigenvalue weighted by Gasteiger charge is 2.42. The average Bonchev–Trinajstić information content (AvgIpc) is 2.74. The lowest BCUT2D eigenvalue weighted by molar-refractivity contribution is -0.118. The predicted molar refractivity (Wildman–Crippen MR) is 129 cm³/mol. The summed E-state index contributed by atoms with van der Waals surface area (Å²) in [7, 11) is 0. The molecule has 0 fully saturated rings. The quantitative estimate of drug-likeness (QED) is 0.675. The molecule has 0 saturated heterocycles. The van der Waals surface area contributed by atoms with Crippen molar-refractivity contribution in [1.29, 1.82) is 0 Å². The minimum Gasteiger partial charge on any atom is -0.494 e. The molecular formula is C27H31N3O3. The fraction of sp³-hybridized carbons (Fsp3) is 0.370. The van der Waals surface area contributed by atoms with Crippen molar-refractivity contribution in [2.45, 2.75) is 53.4 Å². The third-order valence-corrected chi connectivity index (χ3v) is 6.16. The van der Waals surface area contributed by atoms with E-state index in [-0.39, 0.29) is 17.1 Å². The molecule has 2 heterocycles. The number of nitrogens with zero attached hydrogens (tertiary/aromatic N) is 1. The molecule has 0 bridgehead atoms. The van der Waals surface area contributed by atoms with Crippen LogP contribution in [-0.4, -0.2) is 23.3 Å². The van der Waals surface area contributed by atoms with Gasteiger partial charge in [-0.25, -0.2) is 4.98 Å². The summed E-state index contributed by atoms with van der Waals surface area (Å²) in [4.78, 5) is 31.2. The van der Waals surface area contributed by atoms with Crippen LogP contribution in [0, 0.1) is 12.3 Å². The normalized spacial score (nSPS) is 19.7. The molecule has 0 radical (unpaired) electrons. The number of allylic oxidation sites excluding steroid dienone is 3. The van der Waals surface area contributed by atoms with Crippen LogP contribution in [0.15, 0.2) is 65.1 Å². The van der Waals surface area contributed by atoms with E-state index in [0.29, 0.717) is 30.0 Å². The van der Waals surface area contributed by atoms with Gasteiger partial charge in [0.25, 0.3) is 5.91 Å². The van der Waals surface area contributed by atoms with E-state index in [0.717, 1.165) is 34.7 Å². The summed E-state index contributed by atoms with van der Waals surface area (Å²) in [6.45, 7) is 10.6. The van der Waals surface area contributed by atoms with E-state index in [4.69, 9.17) is 4.74 Å². The molecule has 6 heteroatoms. The summed E-state index contributed by atoms with van der Waals surface area (Å²) in [6, 6.07) is 11.4. The predicted octanol–water partition coefficient (Wildman–Crippen LogP) is 5.03. The fourth-order valence-electron chi connectivity index (χ4n) is 4.72. The third kappa shape index (κ3) is 4.70. The number of amides is 1. The number of aromatic nitrogens is 1. The molecule has 0 spiro atoms. The highest BCUT2D eigenvalue weighted by Crippen LogP contribution is 2.46. The van der Waals surface area contributed by atoms with E-state index < -0.39 is 5.92 Å². The molecule has 1 amide bonds. The monoisotopic (exact) mass is 445 g/mol. The van der Waals surface area contributed by atoms with Gasteiger partial charge in [0.15, 0.2) is 5.78 Å². The Morgan fingerprint density at radius 3 is 2.52 bits per heavy atom. The third-order valence-electron chi connectivity index (χ3n) is 6.16. The second kappa shape index (κ2) is 8.85.